The van der Waals surface area contributed by atoms with Crippen LogP contribution in [0, 0.1) is 5.92 Å². The molecule has 1 aromatic rings. The van der Waals surface area contributed by atoms with E-state index in [0.29, 0.717) is 47.8 Å². The first-order valence-corrected chi connectivity index (χ1v) is 9.74. The topological polar surface area (TPSA) is 103 Å². The highest BCUT2D eigenvalue weighted by molar-refractivity contribution is 6.32. The van der Waals surface area contributed by atoms with Crippen LogP contribution in [0.5, 0.6) is 11.5 Å². The first kappa shape index (κ1) is 22.5. The molecule has 158 valence electrons. The van der Waals surface area contributed by atoms with Gasteiger partial charge in [0.25, 0.3) is 5.91 Å². The molecular formula is C20H25ClN2O6. The van der Waals surface area contributed by atoms with E-state index < -0.39 is 24.5 Å². The van der Waals surface area contributed by atoms with E-state index in [4.69, 9.17) is 25.8 Å². The van der Waals surface area contributed by atoms with Crippen LogP contribution < -0.4 is 20.1 Å². The van der Waals surface area contributed by atoms with Gasteiger partial charge in [0.05, 0.1) is 18.2 Å². The molecule has 1 aliphatic rings. The first-order chi connectivity index (χ1) is 13.8. The van der Waals surface area contributed by atoms with Crippen LogP contribution >= 0.6 is 11.6 Å². The number of esters is 1. The number of benzene rings is 1. The second-order valence-electron chi connectivity index (χ2n) is 6.81. The van der Waals surface area contributed by atoms with Crippen molar-refractivity contribution in [2.24, 2.45) is 5.92 Å². The Bertz CT molecular complexity index is 778. The average molecular weight is 425 g/mol. The van der Waals surface area contributed by atoms with Gasteiger partial charge >= 0.3 is 12.0 Å². The zero-order valence-electron chi connectivity index (χ0n) is 16.5. The highest BCUT2D eigenvalue weighted by Gasteiger charge is 2.15. The Hall–Kier alpha value is -2.74. The van der Waals surface area contributed by atoms with Crippen LogP contribution in [0.15, 0.2) is 18.2 Å². The highest BCUT2D eigenvalue weighted by Crippen LogP contribution is 2.38. The number of fused-ring (bicyclic) bond motifs is 1. The Morgan fingerprint density at radius 3 is 2.76 bits per heavy atom. The van der Waals surface area contributed by atoms with Gasteiger partial charge in [-0.25, -0.2) is 9.59 Å². The predicted octanol–water partition coefficient (Wildman–Crippen LogP) is 2.93. The lowest BCUT2D eigenvalue weighted by Crippen LogP contribution is -2.41. The molecule has 0 atom stereocenters. The summed E-state index contributed by atoms with van der Waals surface area (Å²) in [5, 5.41) is 5.02. The molecule has 0 aromatic heterocycles. The van der Waals surface area contributed by atoms with Gasteiger partial charge in [0.1, 0.15) is 0 Å². The zero-order chi connectivity index (χ0) is 21.2. The van der Waals surface area contributed by atoms with Crippen LogP contribution in [0.4, 0.5) is 4.79 Å². The van der Waals surface area contributed by atoms with Crippen LogP contribution in [-0.4, -0.2) is 44.3 Å². The van der Waals surface area contributed by atoms with Gasteiger partial charge in [-0.05, 0) is 36.1 Å². The molecule has 0 saturated heterocycles. The largest absolute Gasteiger partial charge is 0.489 e. The monoisotopic (exact) mass is 424 g/mol. The fourth-order valence-electron chi connectivity index (χ4n) is 2.38. The highest BCUT2D eigenvalue weighted by atomic mass is 35.5. The van der Waals surface area contributed by atoms with Crippen molar-refractivity contribution in [1.82, 2.24) is 10.6 Å². The van der Waals surface area contributed by atoms with Crippen molar-refractivity contribution in [3.05, 3.63) is 28.8 Å². The summed E-state index contributed by atoms with van der Waals surface area (Å²) in [7, 11) is 0. The van der Waals surface area contributed by atoms with Crippen molar-refractivity contribution in [2.75, 3.05) is 26.4 Å². The van der Waals surface area contributed by atoms with Gasteiger partial charge in [-0.1, -0.05) is 25.4 Å². The van der Waals surface area contributed by atoms with Gasteiger partial charge < -0.3 is 19.5 Å². The molecule has 29 heavy (non-hydrogen) atoms. The van der Waals surface area contributed by atoms with Gasteiger partial charge in [0.2, 0.25) is 0 Å². The summed E-state index contributed by atoms with van der Waals surface area (Å²) in [4.78, 5) is 35.0. The number of ether oxygens (including phenoxy) is 3. The fourth-order valence-corrected chi connectivity index (χ4v) is 2.65. The Morgan fingerprint density at radius 1 is 1.24 bits per heavy atom. The average Bonchev–Trinajstić information content (AvgIpc) is 2.90. The third kappa shape index (κ3) is 8.03. The Morgan fingerprint density at radius 2 is 2.00 bits per heavy atom. The molecule has 8 nitrogen and oxygen atoms in total. The number of hydrogen-bond acceptors (Lipinski definition) is 6. The summed E-state index contributed by atoms with van der Waals surface area (Å²) in [6.45, 7) is 4.97. The molecule has 0 saturated carbocycles. The van der Waals surface area contributed by atoms with Crippen molar-refractivity contribution >= 4 is 35.6 Å². The lowest BCUT2D eigenvalue weighted by Gasteiger charge is -2.10. The maximum Gasteiger partial charge on any atom is 0.331 e. The van der Waals surface area contributed by atoms with E-state index in [-0.39, 0.29) is 0 Å². The summed E-state index contributed by atoms with van der Waals surface area (Å²) in [5.41, 5.74) is 0.616. The van der Waals surface area contributed by atoms with Gasteiger partial charge in [-0.2, -0.15) is 0 Å². The number of carbonyl (C=O) groups excluding carboxylic acids is 3. The van der Waals surface area contributed by atoms with Crippen molar-refractivity contribution in [3.63, 3.8) is 0 Å². The number of amides is 3. The summed E-state index contributed by atoms with van der Waals surface area (Å²) < 4.78 is 16.0. The van der Waals surface area contributed by atoms with E-state index in [2.05, 4.69) is 10.6 Å². The Labute approximate surface area is 174 Å². The molecule has 0 fully saturated rings. The van der Waals surface area contributed by atoms with Crippen LogP contribution in [0.2, 0.25) is 5.02 Å². The lowest BCUT2D eigenvalue weighted by atomic mass is 10.1. The Balaban J connectivity index is 1.79. The van der Waals surface area contributed by atoms with E-state index in [1.807, 2.05) is 13.8 Å². The van der Waals surface area contributed by atoms with Gasteiger partial charge in [-0.3, -0.25) is 10.1 Å². The molecule has 9 heteroatoms. The maximum atomic E-state index is 11.8. The molecule has 2 rings (SSSR count). The fraction of sp³-hybridized carbons (Fsp3) is 0.450. The number of hydrogen-bond donors (Lipinski definition) is 2. The zero-order valence-corrected chi connectivity index (χ0v) is 17.2. The third-order valence-corrected chi connectivity index (χ3v) is 4.12. The second-order valence-corrected chi connectivity index (χ2v) is 7.22. The van der Waals surface area contributed by atoms with Crippen LogP contribution in [0.3, 0.4) is 0 Å². The molecule has 0 radical (unpaired) electrons. The van der Waals surface area contributed by atoms with Crippen molar-refractivity contribution in [1.29, 1.82) is 0 Å². The minimum Gasteiger partial charge on any atom is -0.489 e. The van der Waals surface area contributed by atoms with Crippen molar-refractivity contribution in [3.8, 4) is 11.5 Å². The molecule has 2 N–H and O–H groups in total. The lowest BCUT2D eigenvalue weighted by molar-refractivity contribution is -0.143. The van der Waals surface area contributed by atoms with Gasteiger partial charge in [-0.15, -0.1) is 0 Å². The van der Waals surface area contributed by atoms with E-state index >= 15 is 0 Å². The normalized spacial score (nSPS) is 13.1. The molecule has 3 amide bonds. The molecule has 1 heterocycles. The Kier molecular flexibility index (Phi) is 8.79. The van der Waals surface area contributed by atoms with Crippen LogP contribution in [-0.2, 0) is 14.3 Å². The maximum absolute atomic E-state index is 11.8. The van der Waals surface area contributed by atoms with E-state index in [1.54, 1.807) is 12.1 Å². The summed E-state index contributed by atoms with van der Waals surface area (Å²) in [6, 6.07) is 2.71. The SMILES string of the molecule is CC(C)CCNC(=O)NC(=O)COC(=O)/C=C/c1cc(Cl)c2c(c1)OCCCO2. The van der Waals surface area contributed by atoms with Gasteiger partial charge in [0.15, 0.2) is 18.1 Å². The molecule has 0 aliphatic carbocycles. The molecule has 0 unspecified atom stereocenters. The van der Waals surface area contributed by atoms with Gasteiger partial charge in [0, 0.05) is 19.0 Å². The standard InChI is InChI=1S/C20H25ClN2O6/c1-13(2)6-7-22-20(26)23-17(24)12-29-18(25)5-4-14-10-15(21)19-16(11-14)27-8-3-9-28-19/h4-5,10-11,13H,3,6-9,12H2,1-2H3,(H2,22,23,24,26)/b5-4+. The smallest absolute Gasteiger partial charge is 0.331 e. The predicted molar refractivity (Wildman–Crippen MR) is 108 cm³/mol. The first-order valence-electron chi connectivity index (χ1n) is 9.37. The number of rotatable bonds is 7. The summed E-state index contributed by atoms with van der Waals surface area (Å²) in [5.74, 6) is -0.0265. The quantitative estimate of drug-likeness (QED) is 0.515. The molecule has 1 aliphatic heterocycles. The minimum atomic E-state index is -0.733. The number of halogens is 1. The molecular weight excluding hydrogens is 400 g/mol. The molecule has 1 aromatic carbocycles. The molecule has 0 bridgehead atoms. The number of carbonyl (C=O) groups is 3. The van der Waals surface area contributed by atoms with Crippen LogP contribution in [0.1, 0.15) is 32.3 Å². The minimum absolute atomic E-state index is 0.375. The van der Waals surface area contributed by atoms with E-state index in [1.165, 1.54) is 6.08 Å². The van der Waals surface area contributed by atoms with E-state index in [9.17, 15) is 14.4 Å². The molecule has 0 spiro atoms. The number of nitrogens with one attached hydrogen (secondary N) is 2. The second kappa shape index (κ2) is 11.3. The summed E-state index contributed by atoms with van der Waals surface area (Å²) >= 11 is 6.19. The number of imide groups is 1. The van der Waals surface area contributed by atoms with Crippen LogP contribution in [0.25, 0.3) is 6.08 Å². The van der Waals surface area contributed by atoms with Crippen molar-refractivity contribution < 1.29 is 28.6 Å². The number of urea groups is 1. The van der Waals surface area contributed by atoms with E-state index in [0.717, 1.165) is 18.9 Å². The third-order valence-electron chi connectivity index (χ3n) is 3.84. The summed E-state index contributed by atoms with van der Waals surface area (Å²) in [6.07, 6.45) is 4.19. The van der Waals surface area contributed by atoms with Crippen molar-refractivity contribution in [2.45, 2.75) is 26.7 Å².